The van der Waals surface area contributed by atoms with E-state index >= 15 is 0 Å². The van der Waals surface area contributed by atoms with Crippen molar-refractivity contribution in [1.29, 1.82) is 0 Å². The number of hydrogen-bond acceptors (Lipinski definition) is 7. The van der Waals surface area contributed by atoms with E-state index in [0.29, 0.717) is 29.8 Å². The summed E-state index contributed by atoms with van der Waals surface area (Å²) in [4.78, 5) is 34.1. The molecule has 2 aliphatic rings. The summed E-state index contributed by atoms with van der Waals surface area (Å²) < 4.78 is 10.6. The quantitative estimate of drug-likeness (QED) is 0.592. The maximum absolute atomic E-state index is 12.8. The molecule has 8 nitrogen and oxygen atoms in total. The Bertz CT molecular complexity index is 921. The molecule has 0 aliphatic carbocycles. The van der Waals surface area contributed by atoms with Crippen molar-refractivity contribution in [3.8, 4) is 0 Å². The molecule has 1 aromatic heterocycles. The maximum Gasteiger partial charge on any atom is 0.321 e. The van der Waals surface area contributed by atoms with Crippen molar-refractivity contribution in [2.24, 2.45) is 10.9 Å². The van der Waals surface area contributed by atoms with Crippen LogP contribution in [0.4, 0.5) is 5.69 Å². The summed E-state index contributed by atoms with van der Waals surface area (Å²) in [5, 5.41) is 3.49. The first-order valence-electron chi connectivity index (χ1n) is 9.91. The van der Waals surface area contributed by atoms with Crippen LogP contribution in [0.5, 0.6) is 0 Å². The van der Waals surface area contributed by atoms with E-state index in [1.54, 1.807) is 19.1 Å². The molecule has 30 heavy (non-hydrogen) atoms. The van der Waals surface area contributed by atoms with E-state index in [1.807, 2.05) is 29.2 Å². The Kier molecular flexibility index (Phi) is 5.94. The number of rotatable bonds is 4. The molecular weight excluding hydrogens is 408 g/mol. The van der Waals surface area contributed by atoms with E-state index in [1.165, 1.54) is 6.26 Å². The minimum Gasteiger partial charge on any atom is -0.467 e. The summed E-state index contributed by atoms with van der Waals surface area (Å²) in [5.74, 6) is -1.19. The molecule has 9 heteroatoms. The Balaban J connectivity index is 1.51. The fourth-order valence-corrected chi connectivity index (χ4v) is 3.84. The first-order chi connectivity index (χ1) is 14.6. The van der Waals surface area contributed by atoms with Crippen LogP contribution in [-0.4, -0.2) is 55.5 Å². The second-order valence-corrected chi connectivity index (χ2v) is 7.52. The summed E-state index contributed by atoms with van der Waals surface area (Å²) in [6.45, 7) is 4.78. The molecule has 0 saturated carbocycles. The lowest BCUT2D eigenvalue weighted by atomic mass is 9.95. The zero-order valence-corrected chi connectivity index (χ0v) is 17.3. The van der Waals surface area contributed by atoms with Crippen LogP contribution in [-0.2, 0) is 14.3 Å². The zero-order chi connectivity index (χ0) is 21.1. The van der Waals surface area contributed by atoms with Crippen molar-refractivity contribution in [2.45, 2.75) is 13.0 Å². The van der Waals surface area contributed by atoms with Gasteiger partial charge in [-0.2, -0.15) is 0 Å². The first-order valence-corrected chi connectivity index (χ1v) is 10.3. The van der Waals surface area contributed by atoms with E-state index in [0.717, 1.165) is 18.8 Å². The van der Waals surface area contributed by atoms with E-state index in [4.69, 9.17) is 20.8 Å². The SMILES string of the molecule is CCOC(=O)[C@@H]1C(=O)NC(N2CCN(c3ccc(Cl)cc3)CC2)=N[C@H]1c1ccco1. The smallest absolute Gasteiger partial charge is 0.321 e. The highest BCUT2D eigenvalue weighted by molar-refractivity contribution is 6.30. The van der Waals surface area contributed by atoms with E-state index < -0.39 is 23.8 Å². The number of ether oxygens (including phenoxy) is 1. The number of benzene rings is 1. The molecule has 0 radical (unpaired) electrons. The summed E-state index contributed by atoms with van der Waals surface area (Å²) >= 11 is 5.98. The van der Waals surface area contributed by atoms with Crippen LogP contribution < -0.4 is 10.2 Å². The fourth-order valence-electron chi connectivity index (χ4n) is 3.71. The van der Waals surface area contributed by atoms with Crippen LogP contribution in [0.15, 0.2) is 52.1 Å². The lowest BCUT2D eigenvalue weighted by Crippen LogP contribution is -2.57. The van der Waals surface area contributed by atoms with Gasteiger partial charge in [-0.1, -0.05) is 11.6 Å². The normalized spacial score (nSPS) is 21.8. The van der Waals surface area contributed by atoms with Crippen molar-refractivity contribution in [3.63, 3.8) is 0 Å². The summed E-state index contributed by atoms with van der Waals surface area (Å²) in [5.41, 5.74) is 1.10. The molecule has 2 aliphatic heterocycles. The predicted octanol–water partition coefficient (Wildman–Crippen LogP) is 2.46. The van der Waals surface area contributed by atoms with Crippen LogP contribution in [0.3, 0.4) is 0 Å². The Labute approximate surface area is 179 Å². The monoisotopic (exact) mass is 430 g/mol. The highest BCUT2D eigenvalue weighted by Crippen LogP contribution is 2.31. The van der Waals surface area contributed by atoms with E-state index in [9.17, 15) is 9.59 Å². The average molecular weight is 431 g/mol. The number of nitrogens with zero attached hydrogens (tertiary/aromatic N) is 3. The third kappa shape index (κ3) is 4.14. The van der Waals surface area contributed by atoms with Gasteiger partial charge in [-0.3, -0.25) is 14.9 Å². The van der Waals surface area contributed by atoms with Crippen LogP contribution in [0.2, 0.25) is 5.02 Å². The van der Waals surface area contributed by atoms with Crippen LogP contribution in [0, 0.1) is 5.92 Å². The summed E-state index contributed by atoms with van der Waals surface area (Å²) in [6.07, 6.45) is 1.50. The average Bonchev–Trinajstić information content (AvgIpc) is 3.29. The molecule has 1 saturated heterocycles. The molecule has 0 unspecified atom stereocenters. The molecule has 1 fully saturated rings. The Morgan fingerprint density at radius 2 is 1.90 bits per heavy atom. The number of esters is 1. The van der Waals surface area contributed by atoms with Gasteiger partial charge in [0.2, 0.25) is 11.9 Å². The molecule has 1 aromatic carbocycles. The molecule has 2 atom stereocenters. The van der Waals surface area contributed by atoms with Gasteiger partial charge in [0.15, 0.2) is 5.92 Å². The number of guanidine groups is 1. The van der Waals surface area contributed by atoms with E-state index in [-0.39, 0.29) is 6.61 Å². The molecule has 2 aromatic rings. The van der Waals surface area contributed by atoms with Gasteiger partial charge >= 0.3 is 5.97 Å². The Morgan fingerprint density at radius 1 is 1.20 bits per heavy atom. The number of carbonyl (C=O) groups excluding carboxylic acids is 2. The van der Waals surface area contributed by atoms with Crippen molar-refractivity contribution in [2.75, 3.05) is 37.7 Å². The second kappa shape index (κ2) is 8.79. The molecular formula is C21H23ClN4O4. The topological polar surface area (TPSA) is 87.4 Å². The van der Waals surface area contributed by atoms with Crippen LogP contribution in [0.25, 0.3) is 0 Å². The molecule has 0 bridgehead atoms. The number of hydrogen-bond donors (Lipinski definition) is 1. The fraction of sp³-hybridized carbons (Fsp3) is 0.381. The number of halogens is 1. The number of carbonyl (C=O) groups is 2. The van der Waals surface area contributed by atoms with Gasteiger partial charge in [-0.15, -0.1) is 0 Å². The Morgan fingerprint density at radius 3 is 2.53 bits per heavy atom. The third-order valence-corrected chi connectivity index (χ3v) is 5.49. The first kappa shape index (κ1) is 20.3. The molecule has 158 valence electrons. The number of aliphatic imine (C=N–C) groups is 1. The van der Waals surface area contributed by atoms with Gasteiger partial charge in [-0.05, 0) is 43.3 Å². The lowest BCUT2D eigenvalue weighted by molar-refractivity contribution is -0.153. The minimum atomic E-state index is -1.07. The molecule has 4 rings (SSSR count). The maximum atomic E-state index is 12.8. The third-order valence-electron chi connectivity index (χ3n) is 5.24. The highest BCUT2D eigenvalue weighted by Gasteiger charge is 2.43. The standard InChI is InChI=1S/C21H23ClN4O4/c1-2-29-20(28)17-18(16-4-3-13-30-16)23-21(24-19(17)27)26-11-9-25(10-12-26)15-7-5-14(22)6-8-15/h3-8,13,17-18H,2,9-12H2,1H3,(H,23,24,27)/t17-,18-/m0/s1. The van der Waals surface area contributed by atoms with Crippen LogP contribution >= 0.6 is 11.6 Å². The second-order valence-electron chi connectivity index (χ2n) is 7.08. The van der Waals surface area contributed by atoms with Gasteiger partial charge in [-0.25, -0.2) is 4.99 Å². The largest absolute Gasteiger partial charge is 0.467 e. The zero-order valence-electron chi connectivity index (χ0n) is 16.6. The van der Waals surface area contributed by atoms with Gasteiger partial charge in [0.25, 0.3) is 0 Å². The van der Waals surface area contributed by atoms with Crippen molar-refractivity contribution in [3.05, 3.63) is 53.4 Å². The van der Waals surface area contributed by atoms with Crippen molar-refractivity contribution >= 4 is 35.1 Å². The lowest BCUT2D eigenvalue weighted by Gasteiger charge is -2.39. The molecule has 1 amide bonds. The van der Waals surface area contributed by atoms with Gasteiger partial charge in [0.05, 0.1) is 12.9 Å². The predicted molar refractivity (Wildman–Crippen MR) is 112 cm³/mol. The van der Waals surface area contributed by atoms with Gasteiger partial charge in [0.1, 0.15) is 11.8 Å². The Hall–Kier alpha value is -3.00. The highest BCUT2D eigenvalue weighted by atomic mass is 35.5. The summed E-state index contributed by atoms with van der Waals surface area (Å²) in [6, 6.07) is 10.4. The number of amides is 1. The van der Waals surface area contributed by atoms with Gasteiger partial charge in [0, 0.05) is 36.9 Å². The molecule has 0 spiro atoms. The van der Waals surface area contributed by atoms with Crippen molar-refractivity contribution in [1.82, 2.24) is 10.2 Å². The van der Waals surface area contributed by atoms with Crippen LogP contribution in [0.1, 0.15) is 18.7 Å². The number of anilines is 1. The van der Waals surface area contributed by atoms with Gasteiger partial charge < -0.3 is 19.0 Å². The minimum absolute atomic E-state index is 0.191. The summed E-state index contributed by atoms with van der Waals surface area (Å²) in [7, 11) is 0. The number of furan rings is 1. The van der Waals surface area contributed by atoms with Crippen molar-refractivity contribution < 1.29 is 18.7 Å². The van der Waals surface area contributed by atoms with E-state index in [2.05, 4.69) is 15.2 Å². The number of piperazine rings is 1. The molecule has 3 heterocycles. The number of nitrogens with one attached hydrogen (secondary N) is 1. The molecule has 1 N–H and O–H groups in total.